The second-order valence-electron chi connectivity index (χ2n) is 8.38. The van der Waals surface area contributed by atoms with Crippen molar-refractivity contribution in [3.63, 3.8) is 0 Å². The molecule has 8 heteroatoms. The fourth-order valence-electron chi connectivity index (χ4n) is 4.14. The maximum Gasteiger partial charge on any atom is 0.266 e. The molecule has 3 aromatic carbocycles. The number of imide groups is 1. The SMILES string of the molecule is CCOc1ccc(N2C(=O)c3ccc(C(=O)NC(C)c4ncc(-c5ccccc5)[nH]4)cc3C2=O)cc1. The monoisotopic (exact) mass is 480 g/mol. The molecule has 0 fully saturated rings. The highest BCUT2D eigenvalue weighted by molar-refractivity contribution is 6.34. The smallest absolute Gasteiger partial charge is 0.266 e. The lowest BCUT2D eigenvalue weighted by atomic mass is 10.1. The van der Waals surface area contributed by atoms with E-state index < -0.39 is 17.9 Å². The molecule has 1 aliphatic heterocycles. The normalized spacial score (nSPS) is 13.4. The molecule has 1 aliphatic rings. The molecule has 1 unspecified atom stereocenters. The second-order valence-corrected chi connectivity index (χ2v) is 8.38. The van der Waals surface area contributed by atoms with Crippen LogP contribution in [0.4, 0.5) is 5.69 Å². The quantitative estimate of drug-likeness (QED) is 0.371. The first-order valence-corrected chi connectivity index (χ1v) is 11.6. The van der Waals surface area contributed by atoms with Gasteiger partial charge in [0.1, 0.15) is 11.6 Å². The van der Waals surface area contributed by atoms with E-state index in [0.29, 0.717) is 23.9 Å². The van der Waals surface area contributed by atoms with E-state index in [0.717, 1.165) is 16.2 Å². The van der Waals surface area contributed by atoms with Crippen LogP contribution in [0.15, 0.2) is 79.0 Å². The number of nitrogens with one attached hydrogen (secondary N) is 2. The maximum atomic E-state index is 13.1. The lowest BCUT2D eigenvalue weighted by Gasteiger charge is -2.14. The van der Waals surface area contributed by atoms with Gasteiger partial charge in [0.25, 0.3) is 17.7 Å². The number of carbonyl (C=O) groups is 3. The third kappa shape index (κ3) is 4.24. The fourth-order valence-corrected chi connectivity index (χ4v) is 4.14. The van der Waals surface area contributed by atoms with E-state index in [1.165, 1.54) is 12.1 Å². The summed E-state index contributed by atoms with van der Waals surface area (Å²) in [7, 11) is 0. The van der Waals surface area contributed by atoms with Crippen molar-refractivity contribution in [3.8, 4) is 17.0 Å². The Hall–Kier alpha value is -4.72. The van der Waals surface area contributed by atoms with Crippen LogP contribution in [0.1, 0.15) is 56.8 Å². The number of fused-ring (bicyclic) bond motifs is 1. The lowest BCUT2D eigenvalue weighted by Crippen LogP contribution is -2.29. The summed E-state index contributed by atoms with van der Waals surface area (Å²) in [6, 6.07) is 20.6. The van der Waals surface area contributed by atoms with Crippen molar-refractivity contribution in [2.75, 3.05) is 11.5 Å². The minimum Gasteiger partial charge on any atom is -0.494 e. The van der Waals surface area contributed by atoms with E-state index in [9.17, 15) is 14.4 Å². The van der Waals surface area contributed by atoms with Gasteiger partial charge in [-0.15, -0.1) is 0 Å². The Morgan fingerprint density at radius 3 is 2.44 bits per heavy atom. The summed E-state index contributed by atoms with van der Waals surface area (Å²) in [6.45, 7) is 4.22. The third-order valence-electron chi connectivity index (χ3n) is 5.99. The average molecular weight is 481 g/mol. The maximum absolute atomic E-state index is 13.1. The Kier molecular flexibility index (Phi) is 6.08. The Labute approximate surface area is 207 Å². The van der Waals surface area contributed by atoms with E-state index in [2.05, 4.69) is 15.3 Å². The highest BCUT2D eigenvalue weighted by atomic mass is 16.5. The van der Waals surface area contributed by atoms with Crippen molar-refractivity contribution in [1.82, 2.24) is 15.3 Å². The Bertz CT molecular complexity index is 1440. The standard InChI is InChI=1S/C28H24N4O4/c1-3-36-21-12-10-20(11-13-21)32-27(34)22-14-9-19(15-23(22)28(32)35)26(33)30-17(2)25-29-16-24(31-25)18-7-5-4-6-8-18/h4-17H,3H2,1-2H3,(H,29,31)(H,30,33). The van der Waals surface area contributed by atoms with Crippen molar-refractivity contribution >= 4 is 23.4 Å². The summed E-state index contributed by atoms with van der Waals surface area (Å²) < 4.78 is 5.43. The first-order valence-electron chi connectivity index (χ1n) is 11.6. The molecule has 0 saturated heterocycles. The largest absolute Gasteiger partial charge is 0.494 e. The van der Waals surface area contributed by atoms with Crippen LogP contribution in [0.2, 0.25) is 0 Å². The van der Waals surface area contributed by atoms with E-state index >= 15 is 0 Å². The van der Waals surface area contributed by atoms with Crippen LogP contribution in [0.25, 0.3) is 11.3 Å². The second kappa shape index (κ2) is 9.50. The summed E-state index contributed by atoms with van der Waals surface area (Å²) in [6.07, 6.45) is 1.72. The van der Waals surface area contributed by atoms with Gasteiger partial charge in [0.05, 0.1) is 41.4 Å². The number of aromatic amines is 1. The molecule has 0 aliphatic carbocycles. The zero-order valence-electron chi connectivity index (χ0n) is 19.8. The molecular formula is C28H24N4O4. The highest BCUT2D eigenvalue weighted by Crippen LogP contribution is 2.30. The number of hydrogen-bond donors (Lipinski definition) is 2. The lowest BCUT2D eigenvalue weighted by molar-refractivity contribution is 0.0921. The van der Waals surface area contributed by atoms with Crippen molar-refractivity contribution in [1.29, 1.82) is 0 Å². The van der Waals surface area contributed by atoms with Crippen LogP contribution in [0.3, 0.4) is 0 Å². The minimum atomic E-state index is -0.472. The van der Waals surface area contributed by atoms with Gasteiger partial charge in [0, 0.05) is 5.56 Å². The summed E-state index contributed by atoms with van der Waals surface area (Å²) >= 11 is 0. The number of nitrogens with zero attached hydrogens (tertiary/aromatic N) is 2. The number of ether oxygens (including phenoxy) is 1. The van der Waals surface area contributed by atoms with Crippen LogP contribution in [-0.2, 0) is 0 Å². The molecule has 4 aromatic rings. The Morgan fingerprint density at radius 2 is 1.72 bits per heavy atom. The number of benzene rings is 3. The van der Waals surface area contributed by atoms with E-state index in [1.807, 2.05) is 44.2 Å². The van der Waals surface area contributed by atoms with E-state index in [-0.39, 0.29) is 22.6 Å². The molecule has 2 heterocycles. The summed E-state index contributed by atoms with van der Waals surface area (Å²) in [5, 5.41) is 2.90. The summed E-state index contributed by atoms with van der Waals surface area (Å²) in [4.78, 5) is 47.8. The van der Waals surface area contributed by atoms with Gasteiger partial charge in [-0.1, -0.05) is 30.3 Å². The van der Waals surface area contributed by atoms with Gasteiger partial charge in [-0.25, -0.2) is 9.88 Å². The number of anilines is 1. The topological polar surface area (TPSA) is 104 Å². The van der Waals surface area contributed by atoms with Gasteiger partial charge in [-0.05, 0) is 61.9 Å². The van der Waals surface area contributed by atoms with Crippen molar-refractivity contribution in [3.05, 3.63) is 102 Å². The number of H-pyrrole nitrogens is 1. The van der Waals surface area contributed by atoms with Crippen LogP contribution >= 0.6 is 0 Å². The zero-order chi connectivity index (χ0) is 25.2. The first kappa shape index (κ1) is 23.0. The molecule has 2 N–H and O–H groups in total. The van der Waals surface area contributed by atoms with Crippen molar-refractivity contribution in [2.24, 2.45) is 0 Å². The number of rotatable bonds is 7. The van der Waals surface area contributed by atoms with E-state index in [4.69, 9.17) is 4.74 Å². The number of carbonyl (C=O) groups excluding carboxylic acids is 3. The van der Waals surface area contributed by atoms with Gasteiger partial charge in [0.2, 0.25) is 0 Å². The zero-order valence-corrected chi connectivity index (χ0v) is 19.8. The molecule has 1 aromatic heterocycles. The van der Waals surface area contributed by atoms with Crippen LogP contribution < -0.4 is 15.0 Å². The van der Waals surface area contributed by atoms with Crippen LogP contribution in [0.5, 0.6) is 5.75 Å². The minimum absolute atomic E-state index is 0.193. The summed E-state index contributed by atoms with van der Waals surface area (Å²) in [5.74, 6) is -0.0127. The molecule has 0 bridgehead atoms. The first-order chi connectivity index (χ1) is 17.5. The Morgan fingerprint density at radius 1 is 1.00 bits per heavy atom. The molecular weight excluding hydrogens is 456 g/mol. The van der Waals surface area contributed by atoms with Crippen molar-refractivity contribution < 1.29 is 19.1 Å². The third-order valence-corrected chi connectivity index (χ3v) is 5.99. The van der Waals surface area contributed by atoms with Crippen LogP contribution in [-0.4, -0.2) is 34.3 Å². The number of aromatic nitrogens is 2. The van der Waals surface area contributed by atoms with Gasteiger partial charge < -0.3 is 15.0 Å². The molecule has 1 atom stereocenters. The van der Waals surface area contributed by atoms with E-state index in [1.54, 1.807) is 36.5 Å². The van der Waals surface area contributed by atoms with Gasteiger partial charge in [-0.2, -0.15) is 0 Å². The average Bonchev–Trinajstić information content (AvgIpc) is 3.49. The molecule has 3 amide bonds. The molecule has 0 spiro atoms. The summed E-state index contributed by atoms with van der Waals surface area (Å²) in [5.41, 5.74) is 3.02. The van der Waals surface area contributed by atoms with Gasteiger partial charge in [0.15, 0.2) is 0 Å². The highest BCUT2D eigenvalue weighted by Gasteiger charge is 2.37. The molecule has 0 saturated carbocycles. The number of imidazole rings is 1. The van der Waals surface area contributed by atoms with Crippen molar-refractivity contribution in [2.45, 2.75) is 19.9 Å². The molecule has 5 rings (SSSR count). The van der Waals surface area contributed by atoms with Crippen LogP contribution in [0, 0.1) is 0 Å². The molecule has 36 heavy (non-hydrogen) atoms. The molecule has 180 valence electrons. The number of hydrogen-bond acceptors (Lipinski definition) is 5. The fraction of sp³-hybridized carbons (Fsp3) is 0.143. The van der Waals surface area contributed by atoms with Gasteiger partial charge >= 0.3 is 0 Å². The molecule has 8 nitrogen and oxygen atoms in total. The molecule has 0 radical (unpaired) electrons. The predicted octanol–water partition coefficient (Wildman–Crippen LogP) is 4.77. The predicted molar refractivity (Wildman–Crippen MR) is 135 cm³/mol. The Balaban J connectivity index is 1.32. The van der Waals surface area contributed by atoms with Gasteiger partial charge in [-0.3, -0.25) is 14.4 Å². The number of amides is 3.